The molecule has 1 atom stereocenters. The van der Waals surface area contributed by atoms with Gasteiger partial charge >= 0.3 is 0 Å². The summed E-state index contributed by atoms with van der Waals surface area (Å²) in [6.45, 7) is 4.88. The zero-order chi connectivity index (χ0) is 14.5. The second-order valence-electron chi connectivity index (χ2n) is 4.65. The van der Waals surface area contributed by atoms with Crippen molar-refractivity contribution >= 4 is 0 Å². The van der Waals surface area contributed by atoms with E-state index in [2.05, 4.69) is 17.0 Å². The van der Waals surface area contributed by atoms with Crippen molar-refractivity contribution in [2.45, 2.75) is 39.3 Å². The highest BCUT2D eigenvalue weighted by atomic mass is 16.5. The Morgan fingerprint density at radius 3 is 2.80 bits per heavy atom. The van der Waals surface area contributed by atoms with Gasteiger partial charge in [-0.25, -0.2) is 0 Å². The summed E-state index contributed by atoms with van der Waals surface area (Å²) in [6, 6.07) is 1.85. The first-order valence-electron chi connectivity index (χ1n) is 6.93. The van der Waals surface area contributed by atoms with Crippen molar-refractivity contribution in [3.63, 3.8) is 0 Å². The molecule has 5 heteroatoms. The maximum Gasteiger partial charge on any atom is 0.163 e. The second kappa shape index (κ2) is 6.52. The lowest BCUT2D eigenvalue weighted by Crippen LogP contribution is -2.12. The van der Waals surface area contributed by atoms with Gasteiger partial charge in [0.2, 0.25) is 0 Å². The number of hydrogen-bond acceptors (Lipinski definition) is 4. The van der Waals surface area contributed by atoms with E-state index < -0.39 is 6.10 Å². The summed E-state index contributed by atoms with van der Waals surface area (Å²) >= 11 is 0. The summed E-state index contributed by atoms with van der Waals surface area (Å²) in [5.41, 5.74) is 2.60. The van der Waals surface area contributed by atoms with E-state index in [-0.39, 0.29) is 0 Å². The molecule has 0 fully saturated rings. The first-order chi connectivity index (χ1) is 9.72. The number of rotatable bonds is 6. The Balaban J connectivity index is 2.46. The molecule has 0 aliphatic rings. The lowest BCUT2D eigenvalue weighted by atomic mass is 10.0. The number of nitrogens with zero attached hydrogens (tertiary/aromatic N) is 3. The van der Waals surface area contributed by atoms with Crippen LogP contribution < -0.4 is 4.74 Å². The van der Waals surface area contributed by atoms with Gasteiger partial charge in [0, 0.05) is 18.9 Å². The largest absolute Gasteiger partial charge is 0.493 e. The number of ether oxygens (including phenoxy) is 1. The molecule has 1 unspecified atom stereocenters. The van der Waals surface area contributed by atoms with Crippen molar-refractivity contribution in [3.05, 3.63) is 41.5 Å². The molecule has 0 aliphatic carbocycles. The highest BCUT2D eigenvalue weighted by molar-refractivity contribution is 5.37. The summed E-state index contributed by atoms with van der Waals surface area (Å²) in [6.07, 6.45) is 6.17. The van der Waals surface area contributed by atoms with Gasteiger partial charge < -0.3 is 9.84 Å². The van der Waals surface area contributed by atoms with Crippen LogP contribution in [0.4, 0.5) is 0 Å². The highest BCUT2D eigenvalue weighted by Crippen LogP contribution is 2.31. The van der Waals surface area contributed by atoms with Crippen LogP contribution in [0, 0.1) is 0 Å². The highest BCUT2D eigenvalue weighted by Gasteiger charge is 2.23. The van der Waals surface area contributed by atoms with Crippen molar-refractivity contribution in [1.29, 1.82) is 0 Å². The predicted molar refractivity (Wildman–Crippen MR) is 76.7 cm³/mol. The number of aliphatic hydroxyl groups excluding tert-OH is 1. The van der Waals surface area contributed by atoms with Crippen LogP contribution in [0.1, 0.15) is 43.2 Å². The Labute approximate surface area is 119 Å². The zero-order valence-corrected chi connectivity index (χ0v) is 12.2. The molecule has 20 heavy (non-hydrogen) atoms. The Morgan fingerprint density at radius 1 is 1.35 bits per heavy atom. The molecule has 0 saturated heterocycles. The molecule has 2 rings (SSSR count). The molecule has 2 aromatic heterocycles. The third-order valence-electron chi connectivity index (χ3n) is 3.38. The molecule has 0 radical (unpaired) electrons. The zero-order valence-electron chi connectivity index (χ0n) is 12.2. The van der Waals surface area contributed by atoms with Crippen molar-refractivity contribution in [1.82, 2.24) is 14.8 Å². The lowest BCUT2D eigenvalue weighted by molar-refractivity contribution is 0.201. The molecule has 2 aromatic rings. The normalized spacial score (nSPS) is 12.4. The fraction of sp³-hybridized carbons (Fsp3) is 0.467. The van der Waals surface area contributed by atoms with Crippen molar-refractivity contribution in [2.75, 3.05) is 7.11 Å². The summed E-state index contributed by atoms with van der Waals surface area (Å²) in [7, 11) is 1.59. The molecule has 0 amide bonds. The van der Waals surface area contributed by atoms with Crippen LogP contribution in [-0.2, 0) is 13.0 Å². The number of hydrogen-bond donors (Lipinski definition) is 1. The Bertz CT molecular complexity index is 566. The van der Waals surface area contributed by atoms with Crippen LogP contribution in [0.25, 0.3) is 0 Å². The third-order valence-corrected chi connectivity index (χ3v) is 3.38. The number of aryl methyl sites for hydroxylation is 2. The van der Waals surface area contributed by atoms with E-state index in [0.29, 0.717) is 11.4 Å². The Morgan fingerprint density at radius 2 is 2.15 bits per heavy atom. The molecule has 0 aliphatic heterocycles. The topological polar surface area (TPSA) is 60.2 Å². The summed E-state index contributed by atoms with van der Waals surface area (Å²) < 4.78 is 7.14. The molecular formula is C15H21N3O2. The third kappa shape index (κ3) is 2.67. The standard InChI is InChI=1S/C15H21N3O2/c1-4-8-18-14(13(20-3)10-17-18)15(19)12-6-7-16-9-11(12)5-2/h6-7,9-10,15,19H,4-5,8H2,1-3H3. The lowest BCUT2D eigenvalue weighted by Gasteiger charge is -2.17. The minimum atomic E-state index is -0.753. The van der Waals surface area contributed by atoms with Gasteiger partial charge in [0.1, 0.15) is 11.8 Å². The molecule has 0 spiro atoms. The average Bonchev–Trinajstić information content (AvgIpc) is 2.89. The minimum Gasteiger partial charge on any atom is -0.493 e. The van der Waals surface area contributed by atoms with Crippen LogP contribution in [0.5, 0.6) is 5.75 Å². The average molecular weight is 275 g/mol. The smallest absolute Gasteiger partial charge is 0.163 e. The molecule has 1 N–H and O–H groups in total. The first-order valence-corrected chi connectivity index (χ1v) is 6.93. The monoisotopic (exact) mass is 275 g/mol. The Hall–Kier alpha value is -1.88. The van der Waals surface area contributed by atoms with Crippen molar-refractivity contribution in [2.24, 2.45) is 0 Å². The van der Waals surface area contributed by atoms with Gasteiger partial charge in [-0.05, 0) is 30.0 Å². The second-order valence-corrected chi connectivity index (χ2v) is 4.65. The van der Waals surface area contributed by atoms with E-state index >= 15 is 0 Å². The quantitative estimate of drug-likeness (QED) is 0.879. The molecule has 0 bridgehead atoms. The number of pyridine rings is 1. The molecule has 0 aromatic carbocycles. The maximum absolute atomic E-state index is 10.7. The molecule has 2 heterocycles. The fourth-order valence-electron chi connectivity index (χ4n) is 2.35. The predicted octanol–water partition coefficient (Wildman–Crippen LogP) is 2.34. The van der Waals surface area contributed by atoms with Gasteiger partial charge in [-0.2, -0.15) is 5.10 Å². The van der Waals surface area contributed by atoms with Gasteiger partial charge in [-0.15, -0.1) is 0 Å². The molecule has 5 nitrogen and oxygen atoms in total. The van der Waals surface area contributed by atoms with Crippen molar-refractivity contribution in [3.8, 4) is 5.75 Å². The van der Waals surface area contributed by atoms with Crippen LogP contribution in [0.2, 0.25) is 0 Å². The first kappa shape index (κ1) is 14.5. The van der Waals surface area contributed by atoms with Crippen LogP contribution >= 0.6 is 0 Å². The van der Waals surface area contributed by atoms with E-state index in [9.17, 15) is 5.11 Å². The Kier molecular flexibility index (Phi) is 4.74. The van der Waals surface area contributed by atoms with E-state index in [1.165, 1.54) is 0 Å². The van der Waals surface area contributed by atoms with Crippen LogP contribution in [-0.4, -0.2) is 27.0 Å². The van der Waals surface area contributed by atoms with Gasteiger partial charge in [-0.3, -0.25) is 9.67 Å². The van der Waals surface area contributed by atoms with E-state index in [4.69, 9.17) is 4.74 Å². The summed E-state index contributed by atoms with van der Waals surface area (Å²) in [5.74, 6) is 0.616. The summed E-state index contributed by atoms with van der Waals surface area (Å²) in [4.78, 5) is 4.12. The molecule has 0 saturated carbocycles. The molecule has 108 valence electrons. The van der Waals surface area contributed by atoms with E-state index in [1.54, 1.807) is 25.7 Å². The maximum atomic E-state index is 10.7. The van der Waals surface area contributed by atoms with Gasteiger partial charge in [0.25, 0.3) is 0 Å². The van der Waals surface area contributed by atoms with Crippen LogP contribution in [0.15, 0.2) is 24.7 Å². The number of aliphatic hydroxyl groups is 1. The SMILES string of the molecule is CCCn1ncc(OC)c1C(O)c1ccncc1CC. The van der Waals surface area contributed by atoms with E-state index in [1.807, 2.05) is 17.7 Å². The van der Waals surface area contributed by atoms with Gasteiger partial charge in [0.05, 0.1) is 13.3 Å². The van der Waals surface area contributed by atoms with Gasteiger partial charge in [-0.1, -0.05) is 13.8 Å². The molecular weight excluding hydrogens is 254 g/mol. The summed E-state index contributed by atoms with van der Waals surface area (Å²) in [5, 5.41) is 15.0. The van der Waals surface area contributed by atoms with E-state index in [0.717, 1.165) is 30.5 Å². The minimum absolute atomic E-state index is 0.616. The van der Waals surface area contributed by atoms with Crippen LogP contribution in [0.3, 0.4) is 0 Å². The van der Waals surface area contributed by atoms with Gasteiger partial charge in [0.15, 0.2) is 5.75 Å². The number of aromatic nitrogens is 3. The van der Waals surface area contributed by atoms with Crippen molar-refractivity contribution < 1.29 is 9.84 Å². The fourth-order valence-corrected chi connectivity index (χ4v) is 2.35. The number of methoxy groups -OCH3 is 1.